The van der Waals surface area contributed by atoms with Crippen LogP contribution in [0.15, 0.2) is 54.6 Å². The van der Waals surface area contributed by atoms with Crippen molar-refractivity contribution in [3.05, 3.63) is 71.3 Å². The number of hydrogen-bond acceptors (Lipinski definition) is 3. The van der Waals surface area contributed by atoms with Crippen LogP contribution in [0, 0.1) is 6.92 Å². The Morgan fingerprint density at radius 1 is 1.10 bits per heavy atom. The molecule has 21 heavy (non-hydrogen) atoms. The highest BCUT2D eigenvalue weighted by Gasteiger charge is 2.04. The molecule has 0 spiro atoms. The molecule has 4 nitrogen and oxygen atoms in total. The first-order valence-electron chi connectivity index (χ1n) is 6.64. The third-order valence-corrected chi connectivity index (χ3v) is 2.91. The maximum absolute atomic E-state index is 11.9. The zero-order valence-corrected chi connectivity index (χ0v) is 12.0. The zero-order valence-electron chi connectivity index (χ0n) is 12.0. The fraction of sp³-hybridized carbons (Fsp3) is 0.176. The Bertz CT molecular complexity index is 550. The number of Topliss-reactive ketones (excluding diaryl/α,β-unsaturated/α-hetero) is 1. The Morgan fingerprint density at radius 3 is 2.19 bits per heavy atom. The third kappa shape index (κ3) is 6.49. The minimum Gasteiger partial charge on any atom is -0.294 e. The molecule has 0 saturated carbocycles. The summed E-state index contributed by atoms with van der Waals surface area (Å²) in [5.41, 5.74) is 4.53. The average Bonchev–Trinajstić information content (AvgIpc) is 2.55. The molecule has 0 saturated heterocycles. The largest absolute Gasteiger partial charge is 0.294 e. The minimum absolute atomic E-state index is 0.181. The number of carbonyl (C=O) groups excluding carboxylic acids is 2. The molecule has 1 amide bonds. The fourth-order valence-corrected chi connectivity index (χ4v) is 1.78. The molecule has 0 aliphatic rings. The summed E-state index contributed by atoms with van der Waals surface area (Å²) in [7, 11) is 0. The number of benzene rings is 2. The van der Waals surface area contributed by atoms with Gasteiger partial charge in [0.2, 0.25) is 6.41 Å². The Hall–Kier alpha value is -2.46. The molecule has 0 aliphatic carbocycles. The first-order chi connectivity index (χ1) is 10.2. The van der Waals surface area contributed by atoms with Gasteiger partial charge in [0.15, 0.2) is 5.78 Å². The van der Waals surface area contributed by atoms with Gasteiger partial charge in [0, 0.05) is 12.0 Å². The van der Waals surface area contributed by atoms with Crippen LogP contribution in [-0.4, -0.2) is 17.4 Å². The maximum Gasteiger partial charge on any atom is 0.230 e. The Labute approximate surface area is 124 Å². The minimum atomic E-state index is 0.181. The third-order valence-electron chi connectivity index (χ3n) is 2.91. The molecule has 0 fully saturated rings. The van der Waals surface area contributed by atoms with Crippen molar-refractivity contribution in [2.45, 2.75) is 19.8 Å². The van der Waals surface area contributed by atoms with Gasteiger partial charge < -0.3 is 0 Å². The summed E-state index contributed by atoms with van der Waals surface area (Å²) in [5.74, 6) is 0.214. The molecule has 0 bridgehead atoms. The van der Waals surface area contributed by atoms with E-state index in [-0.39, 0.29) is 12.2 Å². The van der Waals surface area contributed by atoms with Crippen LogP contribution in [0.3, 0.4) is 0 Å². The van der Waals surface area contributed by atoms with Gasteiger partial charge in [-0.25, -0.2) is 5.48 Å². The predicted octanol–water partition coefficient (Wildman–Crippen LogP) is 2.93. The molecule has 4 heteroatoms. The fourth-order valence-electron chi connectivity index (χ4n) is 1.78. The lowest BCUT2D eigenvalue weighted by molar-refractivity contribution is -0.116. The van der Waals surface area contributed by atoms with E-state index in [1.165, 1.54) is 16.6 Å². The summed E-state index contributed by atoms with van der Waals surface area (Å²) in [6.45, 7) is 2.07. The number of aryl methyl sites for hydroxylation is 2. The highest BCUT2D eigenvalue weighted by molar-refractivity contribution is 5.96. The van der Waals surface area contributed by atoms with E-state index in [1.807, 2.05) is 30.3 Å². The molecular formula is C17H19NO3. The van der Waals surface area contributed by atoms with Crippen LogP contribution in [0.4, 0.5) is 0 Å². The molecule has 0 atom stereocenters. The van der Waals surface area contributed by atoms with E-state index < -0.39 is 0 Å². The molecule has 2 rings (SSSR count). The highest BCUT2D eigenvalue weighted by atomic mass is 16.5. The van der Waals surface area contributed by atoms with Crippen LogP contribution in [0.25, 0.3) is 0 Å². The van der Waals surface area contributed by atoms with E-state index in [0.717, 1.165) is 12.0 Å². The van der Waals surface area contributed by atoms with E-state index in [2.05, 4.69) is 31.2 Å². The van der Waals surface area contributed by atoms with Crippen molar-refractivity contribution < 1.29 is 14.8 Å². The van der Waals surface area contributed by atoms with Gasteiger partial charge in [-0.15, -0.1) is 0 Å². The van der Waals surface area contributed by atoms with Crippen molar-refractivity contribution in [3.8, 4) is 0 Å². The number of hydrogen-bond donors (Lipinski definition) is 2. The van der Waals surface area contributed by atoms with Crippen molar-refractivity contribution >= 4 is 12.2 Å². The molecule has 0 heterocycles. The predicted molar refractivity (Wildman–Crippen MR) is 81.3 cm³/mol. The van der Waals surface area contributed by atoms with Crippen molar-refractivity contribution in [1.29, 1.82) is 0 Å². The molecular weight excluding hydrogens is 266 g/mol. The van der Waals surface area contributed by atoms with Gasteiger partial charge in [-0.3, -0.25) is 14.8 Å². The topological polar surface area (TPSA) is 66.4 Å². The number of amides is 1. The molecule has 0 radical (unpaired) electrons. The highest BCUT2D eigenvalue weighted by Crippen LogP contribution is 2.09. The molecule has 0 aliphatic heterocycles. The van der Waals surface area contributed by atoms with Gasteiger partial charge in [0.1, 0.15) is 0 Å². The lowest BCUT2D eigenvalue weighted by Crippen LogP contribution is -2.00. The molecule has 2 N–H and O–H groups in total. The second kappa shape index (κ2) is 9.44. The summed E-state index contributed by atoms with van der Waals surface area (Å²) in [6.07, 6.45) is 1.57. The lowest BCUT2D eigenvalue weighted by atomic mass is 10.0. The number of rotatable bonds is 5. The molecule has 0 aromatic heterocycles. The molecule has 2 aromatic rings. The van der Waals surface area contributed by atoms with Crippen LogP contribution in [0.5, 0.6) is 0 Å². The van der Waals surface area contributed by atoms with Crippen LogP contribution in [0.1, 0.15) is 27.9 Å². The van der Waals surface area contributed by atoms with E-state index in [4.69, 9.17) is 10.0 Å². The standard InChI is InChI=1S/C16H16O.CH3NO2/c1-13-7-9-14(10-8-13)11-12-16(17)15-5-3-2-4-6-15;3-1-2-4/h2-10H,11-12H2,1H3;1,4H,(H,2,3). The number of carbonyl (C=O) groups is 2. The van der Waals surface area contributed by atoms with Gasteiger partial charge in [0.25, 0.3) is 0 Å². The first kappa shape index (κ1) is 16.6. The monoisotopic (exact) mass is 285 g/mol. The van der Waals surface area contributed by atoms with Crippen LogP contribution in [0.2, 0.25) is 0 Å². The van der Waals surface area contributed by atoms with Crippen LogP contribution in [-0.2, 0) is 11.2 Å². The van der Waals surface area contributed by atoms with Crippen LogP contribution >= 0.6 is 0 Å². The molecule has 2 aromatic carbocycles. The Morgan fingerprint density at radius 2 is 1.67 bits per heavy atom. The Kier molecular flexibility index (Phi) is 7.46. The van der Waals surface area contributed by atoms with Crippen molar-refractivity contribution in [2.75, 3.05) is 0 Å². The second-order valence-electron chi connectivity index (χ2n) is 4.52. The summed E-state index contributed by atoms with van der Waals surface area (Å²) in [5, 5.41) is 7.26. The quantitative estimate of drug-likeness (QED) is 0.384. The summed E-state index contributed by atoms with van der Waals surface area (Å²) in [6, 6.07) is 17.8. The van der Waals surface area contributed by atoms with Gasteiger partial charge in [-0.1, -0.05) is 60.2 Å². The second-order valence-corrected chi connectivity index (χ2v) is 4.52. The van der Waals surface area contributed by atoms with Gasteiger partial charge >= 0.3 is 0 Å². The first-order valence-corrected chi connectivity index (χ1v) is 6.64. The molecule has 0 unspecified atom stereocenters. The maximum atomic E-state index is 11.9. The normalized spacial score (nSPS) is 9.24. The van der Waals surface area contributed by atoms with Gasteiger partial charge in [-0.05, 0) is 18.9 Å². The van der Waals surface area contributed by atoms with Gasteiger partial charge in [0.05, 0.1) is 0 Å². The van der Waals surface area contributed by atoms with Crippen molar-refractivity contribution in [3.63, 3.8) is 0 Å². The van der Waals surface area contributed by atoms with E-state index in [1.54, 1.807) is 0 Å². The van der Waals surface area contributed by atoms with Gasteiger partial charge in [-0.2, -0.15) is 0 Å². The summed E-state index contributed by atoms with van der Waals surface area (Å²) in [4.78, 5) is 20.7. The average molecular weight is 285 g/mol. The number of hydroxylamine groups is 1. The van der Waals surface area contributed by atoms with E-state index in [9.17, 15) is 4.79 Å². The van der Waals surface area contributed by atoms with Crippen molar-refractivity contribution in [2.24, 2.45) is 0 Å². The lowest BCUT2D eigenvalue weighted by Gasteiger charge is -2.02. The smallest absolute Gasteiger partial charge is 0.230 e. The number of ketones is 1. The van der Waals surface area contributed by atoms with E-state index in [0.29, 0.717) is 6.42 Å². The Balaban J connectivity index is 0.000000491. The SMILES string of the molecule is Cc1ccc(CCC(=O)c2ccccc2)cc1.O=CNO. The number of nitrogens with one attached hydrogen (secondary N) is 1. The summed E-state index contributed by atoms with van der Waals surface area (Å²) < 4.78 is 0. The van der Waals surface area contributed by atoms with Crippen molar-refractivity contribution in [1.82, 2.24) is 5.48 Å². The molecule has 110 valence electrons. The van der Waals surface area contributed by atoms with Crippen LogP contribution < -0.4 is 5.48 Å². The zero-order chi connectivity index (χ0) is 15.5. The van der Waals surface area contributed by atoms with E-state index >= 15 is 0 Å². The summed E-state index contributed by atoms with van der Waals surface area (Å²) >= 11 is 0.